The molecule has 0 saturated heterocycles. The Labute approximate surface area is 131 Å². The molecular formula is C16H24PtSi. The van der Waals surface area contributed by atoms with E-state index in [0.717, 1.165) is 5.56 Å². The van der Waals surface area contributed by atoms with Crippen molar-refractivity contribution in [2.45, 2.75) is 13.8 Å². The summed E-state index contributed by atoms with van der Waals surface area (Å²) in [5.74, 6) is 0. The maximum Gasteiger partial charge on any atom is 4.00 e. The summed E-state index contributed by atoms with van der Waals surface area (Å²) in [5, 5.41) is 0. The maximum absolute atomic E-state index is 3.72. The van der Waals surface area contributed by atoms with Crippen LogP contribution in [0.5, 0.6) is 0 Å². The van der Waals surface area contributed by atoms with Gasteiger partial charge in [-0.3, -0.25) is 0 Å². The normalized spacial score (nSPS) is 7.72. The summed E-state index contributed by atoms with van der Waals surface area (Å²) in [6.07, 6.45) is 0. The predicted octanol–water partition coefficient (Wildman–Crippen LogP) is 3.65. The Morgan fingerprint density at radius 1 is 1.00 bits per heavy atom. The third-order valence-electron chi connectivity index (χ3n) is 1.40. The Morgan fingerprint density at radius 2 is 1.39 bits per heavy atom. The molecule has 2 aromatic rings. The summed E-state index contributed by atoms with van der Waals surface area (Å²) in [6.45, 7) is 8.01. The Kier molecular flexibility index (Phi) is 20.4. The summed E-state index contributed by atoms with van der Waals surface area (Å²) < 4.78 is 0. The van der Waals surface area contributed by atoms with Crippen LogP contribution in [0.1, 0.15) is 19.4 Å². The summed E-state index contributed by atoms with van der Waals surface area (Å²) in [4.78, 5) is 0. The second-order valence-electron chi connectivity index (χ2n) is 3.95. The molecule has 0 heterocycles. The molecule has 0 aliphatic carbocycles. The molecule has 2 aromatic carbocycles. The van der Waals surface area contributed by atoms with Crippen molar-refractivity contribution in [2.24, 2.45) is 0 Å². The third-order valence-corrected chi connectivity index (χ3v) is 1.40. The zero-order valence-corrected chi connectivity index (χ0v) is 16.1. The van der Waals surface area contributed by atoms with E-state index in [1.807, 2.05) is 60.7 Å². The molecule has 0 amide bonds. The zero-order chi connectivity index (χ0) is 12.2. The van der Waals surface area contributed by atoms with E-state index in [9.17, 15) is 0 Å². The number of rotatable bonds is 0. The van der Waals surface area contributed by atoms with Crippen molar-refractivity contribution in [3.8, 4) is 0 Å². The second-order valence-corrected chi connectivity index (χ2v) is 5.95. The minimum atomic E-state index is 0. The summed E-state index contributed by atoms with van der Waals surface area (Å²) >= 11 is 0. The van der Waals surface area contributed by atoms with Crippen LogP contribution in [0.25, 0.3) is 0 Å². The van der Waals surface area contributed by atoms with Gasteiger partial charge in [0.15, 0.2) is 0 Å². The van der Waals surface area contributed by atoms with Gasteiger partial charge in [0.05, 0.1) is 0 Å². The van der Waals surface area contributed by atoms with Gasteiger partial charge in [0.1, 0.15) is 0 Å². The molecule has 0 fully saturated rings. The average Bonchev–Trinajstić information content (AvgIpc) is 2.75. The van der Waals surface area contributed by atoms with Crippen LogP contribution in [-0.4, -0.2) is 10.2 Å². The molecule has 102 valence electrons. The molecule has 0 radical (unpaired) electrons. The van der Waals surface area contributed by atoms with Crippen LogP contribution >= 0.6 is 0 Å². The topological polar surface area (TPSA) is 0 Å². The Balaban J connectivity index is -0.000000185. The van der Waals surface area contributed by atoms with Crippen LogP contribution in [0.15, 0.2) is 60.7 Å². The van der Waals surface area contributed by atoms with Gasteiger partial charge in [-0.1, -0.05) is 6.07 Å². The fourth-order valence-electron chi connectivity index (χ4n) is 0.799. The molecule has 0 spiro atoms. The molecule has 0 bridgehead atoms. The maximum atomic E-state index is 3.72. The van der Waals surface area contributed by atoms with Gasteiger partial charge >= 0.3 is 21.1 Å². The van der Waals surface area contributed by atoms with Crippen LogP contribution in [0.4, 0.5) is 0 Å². The third kappa shape index (κ3) is 20.7. The fraction of sp³-hybridized carbons (Fsp3) is 0.125. The van der Waals surface area contributed by atoms with E-state index in [2.05, 4.69) is 20.8 Å². The first-order chi connectivity index (χ1) is 7.63. The molecule has 0 aliphatic rings. The summed E-state index contributed by atoms with van der Waals surface area (Å²) in [7, 11) is 1.27. The second kappa shape index (κ2) is 16.3. The first kappa shape index (κ1) is 22.5. The number of hydrogen-bond acceptors (Lipinski definition) is 0. The molecule has 18 heavy (non-hydrogen) atoms. The molecule has 0 nitrogen and oxygen atoms in total. The van der Waals surface area contributed by atoms with Crippen LogP contribution in [0.2, 0.25) is 0 Å². The molecular weight excluding hydrogens is 415 g/mol. The van der Waals surface area contributed by atoms with Crippen molar-refractivity contribution < 1.29 is 21.1 Å². The van der Waals surface area contributed by atoms with E-state index in [1.165, 1.54) is 10.2 Å². The Morgan fingerprint density at radius 3 is 1.56 bits per heavy atom. The van der Waals surface area contributed by atoms with E-state index < -0.39 is 0 Å². The SMILES string of the molecule is C[C-](C)[SiH3].[CH2-]c1ccccc1.[CH3-].[Pt+4].c1cc[cH-]c1. The minimum absolute atomic E-state index is 0. The summed E-state index contributed by atoms with van der Waals surface area (Å²) in [5.41, 5.74) is 2.63. The van der Waals surface area contributed by atoms with Gasteiger partial charge in [0, 0.05) is 0 Å². The van der Waals surface area contributed by atoms with Gasteiger partial charge in [0.2, 0.25) is 0 Å². The number of benzene rings is 1. The van der Waals surface area contributed by atoms with Gasteiger partial charge in [-0.15, -0.1) is 22.4 Å². The van der Waals surface area contributed by atoms with Crippen molar-refractivity contribution in [3.63, 3.8) is 0 Å². The smallest absolute Gasteiger partial charge is 0.358 e. The molecule has 0 unspecified atom stereocenters. The first-order valence-corrected chi connectivity index (χ1v) is 6.43. The van der Waals surface area contributed by atoms with Crippen LogP contribution in [0.3, 0.4) is 0 Å². The monoisotopic (exact) mass is 439 g/mol. The van der Waals surface area contributed by atoms with Crippen molar-refractivity contribution in [3.05, 3.63) is 86.1 Å². The number of hydrogen-bond donors (Lipinski definition) is 0. The van der Waals surface area contributed by atoms with E-state index in [0.29, 0.717) is 0 Å². The quantitative estimate of drug-likeness (QED) is 0.434. The molecule has 2 heteroatoms. The van der Waals surface area contributed by atoms with Crippen LogP contribution in [-0.2, 0) is 21.1 Å². The largest absolute Gasteiger partial charge is 4.00 e. The Hall–Kier alpha value is -0.655. The van der Waals surface area contributed by atoms with Crippen molar-refractivity contribution in [2.75, 3.05) is 0 Å². The Bertz CT molecular complexity index is 294. The molecule has 0 atom stereocenters. The predicted molar refractivity (Wildman–Crippen MR) is 83.9 cm³/mol. The standard InChI is InChI=1S/C7H7.C5H5.C3H9Si.CH3.Pt/c1-7-5-3-2-4-6-7;1-2-4-5-3-1;1-3(2)4;;/h2-6H,1H2;1-5H;1-2,4H3;1H3;/q4*-1;+4. The van der Waals surface area contributed by atoms with Crippen molar-refractivity contribution >= 4 is 10.2 Å². The molecule has 0 N–H and O–H groups in total. The van der Waals surface area contributed by atoms with E-state index in [1.54, 1.807) is 5.54 Å². The molecule has 0 aromatic heterocycles. The van der Waals surface area contributed by atoms with Gasteiger partial charge in [-0.05, 0) is 0 Å². The van der Waals surface area contributed by atoms with Crippen LogP contribution < -0.4 is 0 Å². The first-order valence-electron chi connectivity index (χ1n) is 5.43. The molecule has 0 aliphatic heterocycles. The van der Waals surface area contributed by atoms with E-state index >= 15 is 0 Å². The van der Waals surface area contributed by atoms with Crippen LogP contribution in [0, 0.1) is 19.9 Å². The zero-order valence-electron chi connectivity index (χ0n) is 11.8. The van der Waals surface area contributed by atoms with E-state index in [-0.39, 0.29) is 28.5 Å². The molecule has 2 rings (SSSR count). The van der Waals surface area contributed by atoms with Crippen molar-refractivity contribution in [1.82, 2.24) is 0 Å². The van der Waals surface area contributed by atoms with Crippen molar-refractivity contribution in [1.29, 1.82) is 0 Å². The van der Waals surface area contributed by atoms with E-state index in [4.69, 9.17) is 0 Å². The minimum Gasteiger partial charge on any atom is -0.358 e. The summed E-state index contributed by atoms with van der Waals surface area (Å²) in [6, 6.07) is 19.9. The molecule has 0 saturated carbocycles. The average molecular weight is 440 g/mol. The van der Waals surface area contributed by atoms with Gasteiger partial charge < -0.3 is 13.0 Å². The van der Waals surface area contributed by atoms with Gasteiger partial charge in [0.25, 0.3) is 0 Å². The van der Waals surface area contributed by atoms with Gasteiger partial charge in [-0.2, -0.15) is 56.7 Å². The van der Waals surface area contributed by atoms with Gasteiger partial charge in [-0.25, -0.2) is 12.1 Å². The fourth-order valence-corrected chi connectivity index (χ4v) is 0.799.